The number of nitrogens with one attached hydrogen (secondary N) is 2. The molecule has 4 rings (SSSR count). The average molecular weight is 365 g/mol. The molecule has 0 radical (unpaired) electrons. The smallest absolute Gasteiger partial charge is 0.230 e. The second-order valence-electron chi connectivity index (χ2n) is 6.92. The van der Waals surface area contributed by atoms with E-state index in [2.05, 4.69) is 38.5 Å². The molecule has 0 bridgehead atoms. The second-order valence-corrected chi connectivity index (χ2v) is 6.92. The molecule has 1 fully saturated rings. The summed E-state index contributed by atoms with van der Waals surface area (Å²) in [5.74, 6) is 1.15. The molecule has 0 atom stereocenters. The lowest BCUT2D eigenvalue weighted by atomic mass is 10.0. The third-order valence-corrected chi connectivity index (χ3v) is 4.97. The average Bonchev–Trinajstić information content (AvgIpc) is 3.05. The molecule has 7 heteroatoms. The van der Waals surface area contributed by atoms with E-state index in [1.165, 1.54) is 11.1 Å². The van der Waals surface area contributed by atoms with Crippen molar-refractivity contribution in [3.05, 3.63) is 47.5 Å². The van der Waals surface area contributed by atoms with Crippen molar-refractivity contribution >= 4 is 28.5 Å². The van der Waals surface area contributed by atoms with Crippen molar-refractivity contribution in [1.29, 1.82) is 0 Å². The molecule has 0 aliphatic carbocycles. The second kappa shape index (κ2) is 7.36. The van der Waals surface area contributed by atoms with Gasteiger partial charge in [-0.25, -0.2) is 9.97 Å². The Kier molecular flexibility index (Phi) is 4.77. The van der Waals surface area contributed by atoms with Gasteiger partial charge in [0.25, 0.3) is 0 Å². The maximum absolute atomic E-state index is 12.4. The van der Waals surface area contributed by atoms with Crippen LogP contribution in [0.4, 0.5) is 11.6 Å². The van der Waals surface area contributed by atoms with Crippen molar-refractivity contribution in [1.82, 2.24) is 15.3 Å². The number of hydrogen-bond donors (Lipinski definition) is 2. The standard InChI is InChI=1S/C20H23N5O2/c1-13-7-16-15(12-27-17(16)8-14(13)2)9-20(26)24-18-10-23-19(11-22-18)25-5-3-21-4-6-25/h7-8,10-12,21H,3-6,9H2,1-2H3,(H,22,24,26). The number of carbonyl (C=O) groups is 1. The molecule has 1 aliphatic rings. The molecule has 0 saturated carbocycles. The fourth-order valence-electron chi connectivity index (χ4n) is 3.28. The van der Waals surface area contributed by atoms with E-state index in [9.17, 15) is 4.79 Å². The molecule has 1 saturated heterocycles. The van der Waals surface area contributed by atoms with Crippen LogP contribution in [0.2, 0.25) is 0 Å². The Morgan fingerprint density at radius 3 is 2.70 bits per heavy atom. The van der Waals surface area contributed by atoms with Gasteiger partial charge in [0.1, 0.15) is 11.4 Å². The Hall–Kier alpha value is -2.93. The Balaban J connectivity index is 1.43. The quantitative estimate of drug-likeness (QED) is 0.739. The Bertz CT molecular complexity index is 958. The first kappa shape index (κ1) is 17.5. The number of hydrogen-bond acceptors (Lipinski definition) is 6. The molecule has 3 aromatic rings. The van der Waals surface area contributed by atoms with Gasteiger partial charge in [0.15, 0.2) is 5.82 Å². The summed E-state index contributed by atoms with van der Waals surface area (Å²) in [4.78, 5) is 23.4. The van der Waals surface area contributed by atoms with Crippen molar-refractivity contribution in [3.63, 3.8) is 0 Å². The number of nitrogens with zero attached hydrogens (tertiary/aromatic N) is 3. The summed E-state index contributed by atoms with van der Waals surface area (Å²) in [5, 5.41) is 7.10. The number of aryl methyl sites for hydroxylation is 2. The molecule has 3 heterocycles. The van der Waals surface area contributed by atoms with E-state index in [4.69, 9.17) is 4.42 Å². The molecule has 1 aliphatic heterocycles. The van der Waals surface area contributed by atoms with E-state index in [0.29, 0.717) is 5.82 Å². The summed E-state index contributed by atoms with van der Waals surface area (Å²) in [6, 6.07) is 4.07. The largest absolute Gasteiger partial charge is 0.464 e. The summed E-state index contributed by atoms with van der Waals surface area (Å²) in [5.41, 5.74) is 4.03. The third-order valence-electron chi connectivity index (χ3n) is 4.97. The van der Waals surface area contributed by atoms with Crippen molar-refractivity contribution < 1.29 is 9.21 Å². The van der Waals surface area contributed by atoms with Crippen LogP contribution in [-0.2, 0) is 11.2 Å². The molecule has 140 valence electrons. The van der Waals surface area contributed by atoms with Crippen molar-refractivity contribution in [2.24, 2.45) is 0 Å². The van der Waals surface area contributed by atoms with Gasteiger partial charge in [-0.05, 0) is 37.1 Å². The van der Waals surface area contributed by atoms with E-state index in [1.807, 2.05) is 13.0 Å². The molecule has 7 nitrogen and oxygen atoms in total. The summed E-state index contributed by atoms with van der Waals surface area (Å²) in [7, 11) is 0. The van der Waals surface area contributed by atoms with Gasteiger partial charge < -0.3 is 20.0 Å². The zero-order chi connectivity index (χ0) is 18.8. The van der Waals surface area contributed by atoms with E-state index in [-0.39, 0.29) is 12.3 Å². The van der Waals surface area contributed by atoms with E-state index >= 15 is 0 Å². The number of fused-ring (bicyclic) bond motifs is 1. The minimum Gasteiger partial charge on any atom is -0.464 e. The highest BCUT2D eigenvalue weighted by molar-refractivity contribution is 5.94. The van der Waals surface area contributed by atoms with Crippen molar-refractivity contribution in [3.8, 4) is 0 Å². The number of anilines is 2. The number of piperazine rings is 1. The third kappa shape index (κ3) is 3.78. The van der Waals surface area contributed by atoms with E-state index < -0.39 is 0 Å². The highest BCUT2D eigenvalue weighted by atomic mass is 16.3. The first-order valence-corrected chi connectivity index (χ1v) is 9.15. The molecule has 27 heavy (non-hydrogen) atoms. The normalized spacial score (nSPS) is 14.5. The molecule has 1 amide bonds. The number of furan rings is 1. The van der Waals surface area contributed by atoms with Crippen LogP contribution in [0.1, 0.15) is 16.7 Å². The monoisotopic (exact) mass is 365 g/mol. The van der Waals surface area contributed by atoms with Crippen LogP contribution in [0.3, 0.4) is 0 Å². The summed E-state index contributed by atoms with van der Waals surface area (Å²) in [6.07, 6.45) is 5.20. The summed E-state index contributed by atoms with van der Waals surface area (Å²) >= 11 is 0. The van der Waals surface area contributed by atoms with E-state index in [1.54, 1.807) is 18.7 Å². The fraction of sp³-hybridized carbons (Fsp3) is 0.350. The zero-order valence-corrected chi connectivity index (χ0v) is 15.6. The molecule has 2 N–H and O–H groups in total. The van der Waals surface area contributed by atoms with E-state index in [0.717, 1.165) is 48.5 Å². The topological polar surface area (TPSA) is 83.3 Å². The van der Waals surface area contributed by atoms with Crippen LogP contribution in [0, 0.1) is 13.8 Å². The molecular weight excluding hydrogens is 342 g/mol. The SMILES string of the molecule is Cc1cc2occ(CC(=O)Nc3cnc(N4CCNCC4)cn3)c2cc1C. The Labute approximate surface area is 157 Å². The molecule has 0 unspecified atom stereocenters. The van der Waals surface area contributed by atoms with Crippen LogP contribution in [-0.4, -0.2) is 42.1 Å². The molecule has 2 aromatic heterocycles. The van der Waals surface area contributed by atoms with Crippen LogP contribution in [0.25, 0.3) is 11.0 Å². The van der Waals surface area contributed by atoms with Crippen LogP contribution in [0.5, 0.6) is 0 Å². The van der Waals surface area contributed by atoms with Crippen LogP contribution >= 0.6 is 0 Å². The minimum absolute atomic E-state index is 0.139. The van der Waals surface area contributed by atoms with Gasteiger partial charge in [0, 0.05) is 37.1 Å². The Morgan fingerprint density at radius 1 is 1.19 bits per heavy atom. The first-order chi connectivity index (χ1) is 13.1. The maximum atomic E-state index is 12.4. The van der Waals surface area contributed by atoms with Gasteiger partial charge in [-0.1, -0.05) is 0 Å². The highest BCUT2D eigenvalue weighted by Gasteiger charge is 2.14. The van der Waals surface area contributed by atoms with Gasteiger partial charge in [-0.3, -0.25) is 4.79 Å². The van der Waals surface area contributed by atoms with Gasteiger partial charge in [-0.15, -0.1) is 0 Å². The fourth-order valence-corrected chi connectivity index (χ4v) is 3.28. The van der Waals surface area contributed by atoms with Gasteiger partial charge >= 0.3 is 0 Å². The number of rotatable bonds is 4. The number of benzene rings is 1. The van der Waals surface area contributed by atoms with Gasteiger partial charge in [0.05, 0.1) is 25.1 Å². The summed E-state index contributed by atoms with van der Waals surface area (Å²) in [6.45, 7) is 7.81. The lowest BCUT2D eigenvalue weighted by molar-refractivity contribution is -0.115. The van der Waals surface area contributed by atoms with Crippen LogP contribution in [0.15, 0.2) is 35.2 Å². The summed E-state index contributed by atoms with van der Waals surface area (Å²) < 4.78 is 5.60. The highest BCUT2D eigenvalue weighted by Crippen LogP contribution is 2.25. The molecular formula is C20H23N5O2. The van der Waals surface area contributed by atoms with Gasteiger partial charge in [0.2, 0.25) is 5.91 Å². The maximum Gasteiger partial charge on any atom is 0.230 e. The zero-order valence-electron chi connectivity index (χ0n) is 15.6. The lowest BCUT2D eigenvalue weighted by Gasteiger charge is -2.28. The minimum atomic E-state index is -0.139. The molecule has 0 spiro atoms. The first-order valence-electron chi connectivity index (χ1n) is 9.15. The van der Waals surface area contributed by atoms with Gasteiger partial charge in [-0.2, -0.15) is 0 Å². The molecule has 1 aromatic carbocycles. The number of carbonyl (C=O) groups excluding carboxylic acids is 1. The predicted molar refractivity (Wildman–Crippen MR) is 105 cm³/mol. The number of aromatic nitrogens is 2. The van der Waals surface area contributed by atoms with Crippen molar-refractivity contribution in [2.75, 3.05) is 36.4 Å². The van der Waals surface area contributed by atoms with Crippen LogP contribution < -0.4 is 15.5 Å². The lowest BCUT2D eigenvalue weighted by Crippen LogP contribution is -2.43. The predicted octanol–water partition coefficient (Wildman–Crippen LogP) is 2.43. The number of amides is 1. The Morgan fingerprint density at radius 2 is 1.96 bits per heavy atom. The van der Waals surface area contributed by atoms with Crippen molar-refractivity contribution in [2.45, 2.75) is 20.3 Å².